The number of hydrogen-bond acceptors (Lipinski definition) is 5. The average molecular weight is 399 g/mol. The number of fused-ring (bicyclic) bond motifs is 1. The van der Waals surface area contributed by atoms with Crippen molar-refractivity contribution in [3.05, 3.63) is 29.1 Å². The van der Waals surface area contributed by atoms with Crippen molar-refractivity contribution in [3.63, 3.8) is 0 Å². The summed E-state index contributed by atoms with van der Waals surface area (Å²) in [5.41, 5.74) is -6.05. The minimum Gasteiger partial charge on any atom is -0.444 e. The van der Waals surface area contributed by atoms with E-state index in [4.69, 9.17) is 4.74 Å². The van der Waals surface area contributed by atoms with Crippen molar-refractivity contribution < 1.29 is 39.7 Å². The van der Waals surface area contributed by atoms with Gasteiger partial charge in [-0.2, -0.15) is 21.6 Å². The Morgan fingerprint density at radius 1 is 1.19 bits per heavy atom. The van der Waals surface area contributed by atoms with Gasteiger partial charge in [-0.05, 0) is 44.4 Å². The maximum atomic E-state index is 14.4. The second-order valence-corrected chi connectivity index (χ2v) is 8.19. The minimum absolute atomic E-state index is 0.000293. The van der Waals surface area contributed by atoms with Crippen LogP contribution in [0.4, 0.5) is 22.4 Å². The summed E-state index contributed by atoms with van der Waals surface area (Å²) in [7, 11) is -5.97. The highest BCUT2D eigenvalue weighted by Crippen LogP contribution is 2.33. The Labute approximate surface area is 147 Å². The van der Waals surface area contributed by atoms with Crippen molar-refractivity contribution in [3.8, 4) is 5.75 Å². The zero-order valence-electron chi connectivity index (χ0n) is 14.2. The van der Waals surface area contributed by atoms with E-state index in [0.717, 1.165) is 6.07 Å². The van der Waals surface area contributed by atoms with Gasteiger partial charge in [0.25, 0.3) is 0 Å². The first-order valence-corrected chi connectivity index (χ1v) is 8.91. The molecule has 146 valence electrons. The van der Waals surface area contributed by atoms with E-state index in [1.807, 2.05) is 0 Å². The summed E-state index contributed by atoms with van der Waals surface area (Å²) >= 11 is 0. The molecular formula is C15H17F4NO5S. The number of alkyl halides is 3. The maximum Gasteiger partial charge on any atom is 0.534 e. The molecule has 0 atom stereocenters. The summed E-state index contributed by atoms with van der Waals surface area (Å²) in [5, 5.41) is 0. The van der Waals surface area contributed by atoms with Gasteiger partial charge >= 0.3 is 21.7 Å². The maximum absolute atomic E-state index is 14.4. The Balaban J connectivity index is 2.23. The normalized spacial score (nSPS) is 15.4. The highest BCUT2D eigenvalue weighted by molar-refractivity contribution is 7.88. The number of hydrogen-bond donors (Lipinski definition) is 0. The van der Waals surface area contributed by atoms with Gasteiger partial charge in [0.2, 0.25) is 0 Å². The summed E-state index contributed by atoms with van der Waals surface area (Å²) < 4.78 is 82.6. The summed E-state index contributed by atoms with van der Waals surface area (Å²) in [6, 6.07) is 2.01. The SMILES string of the molecule is CC(C)(C)OC(=O)N1CCc2c(ccc(OS(=O)(=O)C(F)(F)F)c2F)C1. The standard InChI is InChI=1S/C15H17F4NO5S/c1-14(2,3)24-13(21)20-7-6-10-9(8-20)4-5-11(12(10)16)25-26(22,23)15(17,18)19/h4-5H,6-8H2,1-3H3. The number of halogens is 4. The fraction of sp³-hybridized carbons (Fsp3) is 0.533. The predicted molar refractivity (Wildman–Crippen MR) is 82.4 cm³/mol. The van der Waals surface area contributed by atoms with Crippen molar-refractivity contribution in [1.29, 1.82) is 0 Å². The summed E-state index contributed by atoms with van der Waals surface area (Å²) in [5.74, 6) is -2.23. The molecular weight excluding hydrogens is 382 g/mol. The van der Waals surface area contributed by atoms with Gasteiger partial charge < -0.3 is 13.8 Å². The lowest BCUT2D eigenvalue weighted by molar-refractivity contribution is -0.0501. The van der Waals surface area contributed by atoms with Gasteiger partial charge in [0.15, 0.2) is 11.6 Å². The molecule has 1 amide bonds. The van der Waals surface area contributed by atoms with Crippen LogP contribution in [-0.4, -0.2) is 37.1 Å². The van der Waals surface area contributed by atoms with E-state index in [0.29, 0.717) is 5.56 Å². The third-order valence-electron chi connectivity index (χ3n) is 3.43. The molecule has 0 radical (unpaired) electrons. The molecule has 0 aliphatic carbocycles. The molecule has 11 heteroatoms. The Hall–Kier alpha value is -2.04. The van der Waals surface area contributed by atoms with Crippen molar-refractivity contribution in [2.45, 2.75) is 44.8 Å². The van der Waals surface area contributed by atoms with Gasteiger partial charge in [-0.3, -0.25) is 0 Å². The first kappa shape index (κ1) is 20.3. The van der Waals surface area contributed by atoms with Crippen LogP contribution < -0.4 is 4.18 Å². The van der Waals surface area contributed by atoms with E-state index in [2.05, 4.69) is 4.18 Å². The van der Waals surface area contributed by atoms with Crippen molar-refractivity contribution in [2.75, 3.05) is 6.54 Å². The van der Waals surface area contributed by atoms with Crippen LogP contribution in [0.1, 0.15) is 31.9 Å². The zero-order chi connectivity index (χ0) is 19.9. The molecule has 0 unspecified atom stereocenters. The first-order chi connectivity index (χ1) is 11.7. The van der Waals surface area contributed by atoms with Crippen LogP contribution in [0.3, 0.4) is 0 Å². The lowest BCUT2D eigenvalue weighted by Crippen LogP contribution is -2.40. The number of carbonyl (C=O) groups is 1. The van der Waals surface area contributed by atoms with E-state index < -0.39 is 38.9 Å². The first-order valence-electron chi connectivity index (χ1n) is 7.50. The number of ether oxygens (including phenoxy) is 1. The lowest BCUT2D eigenvalue weighted by atomic mass is 9.99. The second-order valence-electron chi connectivity index (χ2n) is 6.65. The lowest BCUT2D eigenvalue weighted by Gasteiger charge is -2.31. The summed E-state index contributed by atoms with van der Waals surface area (Å²) in [6.07, 6.45) is -0.632. The van der Waals surface area contributed by atoms with E-state index in [-0.39, 0.29) is 25.1 Å². The number of benzene rings is 1. The van der Waals surface area contributed by atoms with Crippen molar-refractivity contribution in [2.24, 2.45) is 0 Å². The third kappa shape index (κ3) is 4.37. The summed E-state index contributed by atoms with van der Waals surface area (Å²) in [6.45, 7) is 5.11. The predicted octanol–water partition coefficient (Wildman–Crippen LogP) is 3.35. The van der Waals surface area contributed by atoms with E-state index >= 15 is 0 Å². The van der Waals surface area contributed by atoms with Crippen LogP contribution in [0.2, 0.25) is 0 Å². The average Bonchev–Trinajstić information content (AvgIpc) is 2.47. The molecule has 0 saturated carbocycles. The fourth-order valence-electron chi connectivity index (χ4n) is 2.30. The monoisotopic (exact) mass is 399 g/mol. The molecule has 1 aromatic carbocycles. The Bertz CT molecular complexity index is 815. The molecule has 26 heavy (non-hydrogen) atoms. The number of carbonyl (C=O) groups excluding carboxylic acids is 1. The number of amides is 1. The van der Waals surface area contributed by atoms with Crippen LogP contribution >= 0.6 is 0 Å². The van der Waals surface area contributed by atoms with E-state index in [1.54, 1.807) is 20.8 Å². The van der Waals surface area contributed by atoms with Crippen molar-refractivity contribution in [1.82, 2.24) is 4.90 Å². The van der Waals surface area contributed by atoms with Crippen LogP contribution in [0, 0.1) is 5.82 Å². The largest absolute Gasteiger partial charge is 0.534 e. The number of rotatable bonds is 2. The van der Waals surface area contributed by atoms with Crippen molar-refractivity contribution >= 4 is 16.2 Å². The molecule has 1 heterocycles. The van der Waals surface area contributed by atoms with Crippen LogP contribution in [0.15, 0.2) is 12.1 Å². The van der Waals surface area contributed by atoms with E-state index in [1.165, 1.54) is 11.0 Å². The molecule has 1 aromatic rings. The minimum atomic E-state index is -5.97. The van der Waals surface area contributed by atoms with Gasteiger partial charge in [-0.15, -0.1) is 0 Å². The molecule has 1 aliphatic heterocycles. The van der Waals surface area contributed by atoms with Crippen LogP contribution in [0.25, 0.3) is 0 Å². The smallest absolute Gasteiger partial charge is 0.444 e. The van der Waals surface area contributed by atoms with Gasteiger partial charge in [0.05, 0.1) is 0 Å². The van der Waals surface area contributed by atoms with Gasteiger partial charge in [-0.1, -0.05) is 6.07 Å². The molecule has 2 rings (SSSR count). The zero-order valence-corrected chi connectivity index (χ0v) is 15.0. The molecule has 0 aromatic heterocycles. The molecule has 0 fully saturated rings. The van der Waals surface area contributed by atoms with E-state index in [9.17, 15) is 30.8 Å². The topological polar surface area (TPSA) is 72.9 Å². The molecule has 1 aliphatic rings. The van der Waals surface area contributed by atoms with Gasteiger partial charge in [-0.25, -0.2) is 9.18 Å². The highest BCUT2D eigenvalue weighted by atomic mass is 32.2. The molecule has 0 bridgehead atoms. The molecule has 0 saturated heterocycles. The second kappa shape index (κ2) is 6.60. The van der Waals surface area contributed by atoms with Gasteiger partial charge in [0, 0.05) is 13.1 Å². The summed E-state index contributed by atoms with van der Waals surface area (Å²) in [4.78, 5) is 13.4. The molecule has 0 spiro atoms. The fourth-order valence-corrected chi connectivity index (χ4v) is 2.76. The highest BCUT2D eigenvalue weighted by Gasteiger charge is 2.49. The van der Waals surface area contributed by atoms with Gasteiger partial charge in [0.1, 0.15) is 5.60 Å². The Kier molecular flexibility index (Phi) is 5.15. The third-order valence-corrected chi connectivity index (χ3v) is 4.40. The molecule has 6 nitrogen and oxygen atoms in total. The quantitative estimate of drug-likeness (QED) is 0.433. The number of nitrogens with zero attached hydrogens (tertiary/aromatic N) is 1. The Morgan fingerprint density at radius 2 is 1.81 bits per heavy atom. The Morgan fingerprint density at radius 3 is 2.35 bits per heavy atom. The molecule has 0 N–H and O–H groups in total. The van der Waals surface area contributed by atoms with Crippen LogP contribution in [0.5, 0.6) is 5.75 Å². The van der Waals surface area contributed by atoms with Crippen LogP contribution in [-0.2, 0) is 27.8 Å².